The summed E-state index contributed by atoms with van der Waals surface area (Å²) in [5.74, 6) is 1.65. The summed E-state index contributed by atoms with van der Waals surface area (Å²) in [4.78, 5) is 14.8. The summed E-state index contributed by atoms with van der Waals surface area (Å²) in [7, 11) is 8.34. The van der Waals surface area contributed by atoms with E-state index in [2.05, 4.69) is 0 Å². The first-order chi connectivity index (χ1) is 12.9. The van der Waals surface area contributed by atoms with Gasteiger partial charge in [-0.2, -0.15) is 0 Å². The Kier molecular flexibility index (Phi) is 5.17. The molecule has 0 aliphatic heterocycles. The fourth-order valence-corrected chi connectivity index (χ4v) is 3.44. The number of rotatable bonds is 7. The highest BCUT2D eigenvalue weighted by Crippen LogP contribution is 2.51. The number of carbonyl (C=O) groups excluding carboxylic acids is 1. The first-order valence-corrected chi connectivity index (χ1v) is 8.75. The number of phenolic OH excluding ortho intramolecular Hbond substituents is 1. The van der Waals surface area contributed by atoms with E-state index in [0.29, 0.717) is 22.8 Å². The van der Waals surface area contributed by atoms with Crippen LogP contribution in [0.25, 0.3) is 0 Å². The van der Waals surface area contributed by atoms with E-state index in [1.807, 2.05) is 31.1 Å². The van der Waals surface area contributed by atoms with Crippen LogP contribution in [0.2, 0.25) is 0 Å². The zero-order valence-electron chi connectivity index (χ0n) is 16.3. The van der Waals surface area contributed by atoms with Gasteiger partial charge in [0.05, 0.1) is 27.0 Å². The molecule has 0 spiro atoms. The Bertz CT molecular complexity index is 837. The van der Waals surface area contributed by atoms with Gasteiger partial charge in [0.1, 0.15) is 5.75 Å². The fraction of sp³-hybridized carbons (Fsp3) is 0.381. The van der Waals surface area contributed by atoms with E-state index < -0.39 is 0 Å². The van der Waals surface area contributed by atoms with E-state index >= 15 is 0 Å². The molecule has 1 aliphatic carbocycles. The van der Waals surface area contributed by atoms with Gasteiger partial charge in [-0.05, 0) is 42.2 Å². The molecule has 6 heteroatoms. The maximum atomic E-state index is 13.0. The number of aromatic hydroxyl groups is 1. The van der Waals surface area contributed by atoms with Gasteiger partial charge in [0.15, 0.2) is 17.3 Å². The minimum absolute atomic E-state index is 0.0374. The van der Waals surface area contributed by atoms with Gasteiger partial charge in [0.25, 0.3) is 0 Å². The zero-order valence-corrected chi connectivity index (χ0v) is 16.3. The Morgan fingerprint density at radius 1 is 1.04 bits per heavy atom. The van der Waals surface area contributed by atoms with E-state index in [1.54, 1.807) is 18.2 Å². The molecule has 0 amide bonds. The summed E-state index contributed by atoms with van der Waals surface area (Å²) in [6.45, 7) is 0. The Hall–Kier alpha value is -2.89. The third-order valence-corrected chi connectivity index (χ3v) is 4.99. The van der Waals surface area contributed by atoms with Gasteiger partial charge in [0.2, 0.25) is 5.75 Å². The normalized spacial score (nSPS) is 18.0. The van der Waals surface area contributed by atoms with Crippen LogP contribution < -0.4 is 19.1 Å². The monoisotopic (exact) mass is 371 g/mol. The smallest absolute Gasteiger partial charge is 0.203 e. The fourth-order valence-electron chi connectivity index (χ4n) is 3.44. The van der Waals surface area contributed by atoms with Gasteiger partial charge in [-0.15, -0.1) is 0 Å². The highest BCUT2D eigenvalue weighted by Gasteiger charge is 2.44. The predicted molar refractivity (Wildman–Crippen MR) is 104 cm³/mol. The lowest BCUT2D eigenvalue weighted by Crippen LogP contribution is -2.09. The van der Waals surface area contributed by atoms with Crippen molar-refractivity contribution in [1.82, 2.24) is 0 Å². The third kappa shape index (κ3) is 3.52. The Morgan fingerprint density at radius 2 is 1.67 bits per heavy atom. The average molecular weight is 371 g/mol. The van der Waals surface area contributed by atoms with Gasteiger partial charge >= 0.3 is 0 Å². The quantitative estimate of drug-likeness (QED) is 0.752. The first kappa shape index (κ1) is 18.9. The number of phenols is 1. The van der Waals surface area contributed by atoms with Gasteiger partial charge in [-0.25, -0.2) is 0 Å². The topological polar surface area (TPSA) is 68.2 Å². The summed E-state index contributed by atoms with van der Waals surface area (Å²) in [6.07, 6.45) is 0.760. The lowest BCUT2D eigenvalue weighted by atomic mass is 10.0. The van der Waals surface area contributed by atoms with E-state index in [4.69, 9.17) is 14.2 Å². The lowest BCUT2D eigenvalue weighted by molar-refractivity contribution is 0.0964. The van der Waals surface area contributed by atoms with Crippen molar-refractivity contribution in [2.45, 2.75) is 12.3 Å². The molecule has 0 radical (unpaired) electrons. The van der Waals surface area contributed by atoms with Crippen LogP contribution in [0, 0.1) is 5.92 Å². The van der Waals surface area contributed by atoms with Gasteiger partial charge in [0, 0.05) is 25.6 Å². The first-order valence-electron chi connectivity index (χ1n) is 8.75. The van der Waals surface area contributed by atoms with Crippen molar-refractivity contribution < 1.29 is 24.1 Å². The van der Waals surface area contributed by atoms with Crippen molar-refractivity contribution >= 4 is 11.5 Å². The van der Waals surface area contributed by atoms with Crippen LogP contribution in [0.15, 0.2) is 30.3 Å². The van der Waals surface area contributed by atoms with Gasteiger partial charge in [-0.1, -0.05) is 6.07 Å². The molecule has 27 heavy (non-hydrogen) atoms. The molecule has 1 saturated carbocycles. The summed E-state index contributed by atoms with van der Waals surface area (Å²) in [5, 5.41) is 10.2. The average Bonchev–Trinajstić information content (AvgIpc) is 3.46. The number of methoxy groups -OCH3 is 3. The minimum atomic E-state index is -0.114. The SMILES string of the molecule is COc1cc(C(=O)C2CC2c2ccc(N(C)C)c(O)c2)cc(OC)c1OC. The molecule has 1 aliphatic rings. The van der Waals surface area contributed by atoms with Crippen LogP contribution in [-0.2, 0) is 0 Å². The third-order valence-electron chi connectivity index (χ3n) is 4.99. The number of anilines is 1. The Morgan fingerprint density at radius 3 is 2.15 bits per heavy atom. The second-order valence-corrected chi connectivity index (χ2v) is 6.87. The second-order valence-electron chi connectivity index (χ2n) is 6.87. The van der Waals surface area contributed by atoms with E-state index in [1.165, 1.54) is 21.3 Å². The molecule has 0 aromatic heterocycles. The maximum absolute atomic E-state index is 13.0. The van der Waals surface area contributed by atoms with Crippen molar-refractivity contribution in [2.75, 3.05) is 40.3 Å². The van der Waals surface area contributed by atoms with Crippen molar-refractivity contribution in [3.63, 3.8) is 0 Å². The molecule has 1 fully saturated rings. The van der Waals surface area contributed by atoms with E-state index in [-0.39, 0.29) is 23.4 Å². The van der Waals surface area contributed by atoms with Crippen molar-refractivity contribution in [3.8, 4) is 23.0 Å². The molecule has 2 aromatic carbocycles. The molecule has 0 heterocycles. The number of ketones is 1. The van der Waals surface area contributed by atoms with Crippen LogP contribution in [0.3, 0.4) is 0 Å². The molecule has 3 rings (SSSR count). The number of hydrogen-bond acceptors (Lipinski definition) is 6. The standard InChI is InChI=1S/C21H25NO5/c1-22(2)16-7-6-12(8-17(16)23)14-11-15(14)20(24)13-9-18(25-3)21(27-5)19(10-13)26-4/h6-10,14-15,23H,11H2,1-5H3. The molecule has 2 atom stereocenters. The highest BCUT2D eigenvalue weighted by molar-refractivity contribution is 6.01. The number of nitrogens with zero attached hydrogens (tertiary/aromatic N) is 1. The highest BCUT2D eigenvalue weighted by atomic mass is 16.5. The van der Waals surface area contributed by atoms with Gasteiger partial charge in [-0.3, -0.25) is 4.79 Å². The summed E-state index contributed by atoms with van der Waals surface area (Å²) in [5.41, 5.74) is 2.27. The second kappa shape index (κ2) is 7.39. The number of Topliss-reactive ketones (excluding diaryl/α,β-unsaturated/α-hetero) is 1. The van der Waals surface area contributed by atoms with Gasteiger partial charge < -0.3 is 24.2 Å². The van der Waals surface area contributed by atoms with E-state index in [0.717, 1.165) is 17.7 Å². The van der Waals surface area contributed by atoms with Crippen LogP contribution >= 0.6 is 0 Å². The number of benzene rings is 2. The predicted octanol–water partition coefficient (Wildman–Crippen LogP) is 3.47. The summed E-state index contributed by atoms with van der Waals surface area (Å²) >= 11 is 0. The van der Waals surface area contributed by atoms with Crippen LogP contribution in [0.1, 0.15) is 28.3 Å². The molecule has 2 aromatic rings. The molecular formula is C21H25NO5. The Labute approximate surface area is 159 Å². The number of hydrogen-bond donors (Lipinski definition) is 1. The lowest BCUT2D eigenvalue weighted by Gasteiger charge is -2.15. The molecule has 1 N–H and O–H groups in total. The van der Waals surface area contributed by atoms with Crippen LogP contribution in [-0.4, -0.2) is 46.3 Å². The Balaban J connectivity index is 1.83. The maximum Gasteiger partial charge on any atom is 0.203 e. The van der Waals surface area contributed by atoms with E-state index in [9.17, 15) is 9.90 Å². The molecule has 144 valence electrons. The van der Waals surface area contributed by atoms with Crippen molar-refractivity contribution in [1.29, 1.82) is 0 Å². The largest absolute Gasteiger partial charge is 0.506 e. The van der Waals surface area contributed by atoms with Crippen LogP contribution in [0.4, 0.5) is 5.69 Å². The molecule has 0 saturated heterocycles. The van der Waals surface area contributed by atoms with Crippen molar-refractivity contribution in [3.05, 3.63) is 41.5 Å². The summed E-state index contributed by atoms with van der Waals surface area (Å²) in [6, 6.07) is 8.98. The molecule has 0 bridgehead atoms. The number of carbonyl (C=O) groups is 1. The van der Waals surface area contributed by atoms with Crippen LogP contribution in [0.5, 0.6) is 23.0 Å². The molecule has 6 nitrogen and oxygen atoms in total. The van der Waals surface area contributed by atoms with Crippen molar-refractivity contribution in [2.24, 2.45) is 5.92 Å². The zero-order chi connectivity index (χ0) is 19.7. The minimum Gasteiger partial charge on any atom is -0.506 e. The molecular weight excluding hydrogens is 346 g/mol. The molecule has 2 unspecified atom stereocenters. The summed E-state index contributed by atoms with van der Waals surface area (Å²) < 4.78 is 16.0. The number of ether oxygens (including phenoxy) is 3.